The molecule has 1 aromatic heterocycles. The normalized spacial score (nSPS) is 10.7. The average molecular weight is 376 g/mol. The van der Waals surface area contributed by atoms with Gasteiger partial charge < -0.3 is 0 Å². The zero-order valence-electron chi connectivity index (χ0n) is 10.3. The van der Waals surface area contributed by atoms with Crippen LogP contribution in [0.4, 0.5) is 5.69 Å². The van der Waals surface area contributed by atoms with Crippen LogP contribution in [0.3, 0.4) is 0 Å². The molecule has 0 aliphatic carbocycles. The van der Waals surface area contributed by atoms with Gasteiger partial charge in [-0.15, -0.1) is 0 Å². The van der Waals surface area contributed by atoms with Crippen LogP contribution in [-0.2, 0) is 0 Å². The van der Waals surface area contributed by atoms with Gasteiger partial charge in [0, 0.05) is 32.8 Å². The Morgan fingerprint density at radius 1 is 1.10 bits per heavy atom. The van der Waals surface area contributed by atoms with Crippen molar-refractivity contribution in [2.45, 2.75) is 0 Å². The summed E-state index contributed by atoms with van der Waals surface area (Å²) in [5.74, 6) is 0. The highest BCUT2D eigenvalue weighted by Gasteiger charge is 2.13. The molecule has 0 saturated carbocycles. The van der Waals surface area contributed by atoms with Crippen LogP contribution < -0.4 is 0 Å². The van der Waals surface area contributed by atoms with Gasteiger partial charge in [-0.05, 0) is 34.2 Å². The number of rotatable bonds is 2. The number of fused-ring (bicyclic) bond motifs is 1. The van der Waals surface area contributed by atoms with Crippen LogP contribution in [0.1, 0.15) is 0 Å². The smallest absolute Gasteiger partial charge is 0.258 e. The fraction of sp³-hybridized carbons (Fsp3) is 0. The highest BCUT2D eigenvalue weighted by molar-refractivity contribution is 14.1. The van der Waals surface area contributed by atoms with Gasteiger partial charge in [-0.3, -0.25) is 15.1 Å². The summed E-state index contributed by atoms with van der Waals surface area (Å²) in [6, 6.07) is 14.6. The van der Waals surface area contributed by atoms with Crippen LogP contribution in [0.5, 0.6) is 0 Å². The summed E-state index contributed by atoms with van der Waals surface area (Å²) in [5, 5.41) is 11.8. The number of nitrogens with zero attached hydrogens (tertiary/aromatic N) is 2. The summed E-state index contributed by atoms with van der Waals surface area (Å²) >= 11 is 2.21. The van der Waals surface area contributed by atoms with Crippen molar-refractivity contribution in [3.05, 3.63) is 68.4 Å². The maximum atomic E-state index is 11.0. The van der Waals surface area contributed by atoms with E-state index < -0.39 is 0 Å². The average Bonchev–Trinajstić information content (AvgIpc) is 2.47. The Bertz CT molecular complexity index is 804. The van der Waals surface area contributed by atoms with E-state index in [1.165, 1.54) is 6.07 Å². The predicted octanol–water partition coefficient (Wildman–Crippen LogP) is 4.41. The van der Waals surface area contributed by atoms with Crippen molar-refractivity contribution >= 4 is 39.2 Å². The molecule has 0 spiro atoms. The van der Waals surface area contributed by atoms with Gasteiger partial charge in [0.25, 0.3) is 5.69 Å². The maximum Gasteiger partial charge on any atom is 0.270 e. The zero-order valence-corrected chi connectivity index (χ0v) is 12.4. The molecule has 0 amide bonds. The Balaban J connectivity index is 2.37. The first-order chi connectivity index (χ1) is 9.66. The summed E-state index contributed by atoms with van der Waals surface area (Å²) in [4.78, 5) is 14.9. The third-order valence-electron chi connectivity index (χ3n) is 3.08. The van der Waals surface area contributed by atoms with Crippen molar-refractivity contribution in [1.29, 1.82) is 0 Å². The maximum absolute atomic E-state index is 11.0. The van der Waals surface area contributed by atoms with Gasteiger partial charge in [-0.25, -0.2) is 0 Å². The van der Waals surface area contributed by atoms with Gasteiger partial charge in [0.15, 0.2) is 0 Å². The van der Waals surface area contributed by atoms with Crippen LogP contribution in [0.25, 0.3) is 22.0 Å². The highest BCUT2D eigenvalue weighted by atomic mass is 127. The Hall–Kier alpha value is -2.02. The van der Waals surface area contributed by atoms with E-state index in [1.54, 1.807) is 18.3 Å². The summed E-state index contributed by atoms with van der Waals surface area (Å²) in [6.45, 7) is 0. The Morgan fingerprint density at radius 2 is 1.85 bits per heavy atom. The zero-order chi connectivity index (χ0) is 14.1. The van der Waals surface area contributed by atoms with Crippen LogP contribution >= 0.6 is 22.6 Å². The van der Waals surface area contributed by atoms with Crippen molar-refractivity contribution in [3.63, 3.8) is 0 Å². The topological polar surface area (TPSA) is 56.0 Å². The van der Waals surface area contributed by atoms with Gasteiger partial charge in [-0.1, -0.05) is 30.3 Å². The molecule has 98 valence electrons. The molecule has 20 heavy (non-hydrogen) atoms. The molecule has 3 aromatic rings. The van der Waals surface area contributed by atoms with Crippen LogP contribution in [-0.4, -0.2) is 9.91 Å². The second kappa shape index (κ2) is 5.16. The van der Waals surface area contributed by atoms with Gasteiger partial charge in [0.2, 0.25) is 0 Å². The van der Waals surface area contributed by atoms with Crippen molar-refractivity contribution < 1.29 is 4.92 Å². The number of halogens is 1. The van der Waals surface area contributed by atoms with E-state index >= 15 is 0 Å². The van der Waals surface area contributed by atoms with Crippen LogP contribution in [0.2, 0.25) is 0 Å². The van der Waals surface area contributed by atoms with E-state index in [4.69, 9.17) is 0 Å². The quantitative estimate of drug-likeness (QED) is 0.378. The molecule has 5 heteroatoms. The minimum absolute atomic E-state index is 0.0819. The summed E-state index contributed by atoms with van der Waals surface area (Å²) in [5.41, 5.74) is 2.86. The molecule has 3 rings (SSSR count). The van der Waals surface area contributed by atoms with E-state index in [2.05, 4.69) is 27.6 Å². The van der Waals surface area contributed by atoms with Crippen LogP contribution in [0.15, 0.2) is 54.7 Å². The third kappa shape index (κ3) is 2.24. The molecule has 0 bridgehead atoms. The van der Waals surface area contributed by atoms with E-state index in [0.717, 1.165) is 25.6 Å². The molecule has 4 nitrogen and oxygen atoms in total. The first kappa shape index (κ1) is 13.0. The van der Waals surface area contributed by atoms with E-state index in [-0.39, 0.29) is 10.6 Å². The van der Waals surface area contributed by atoms with Gasteiger partial charge >= 0.3 is 0 Å². The lowest BCUT2D eigenvalue weighted by molar-refractivity contribution is -0.384. The van der Waals surface area contributed by atoms with E-state index in [9.17, 15) is 10.1 Å². The number of benzene rings is 2. The lowest BCUT2D eigenvalue weighted by Crippen LogP contribution is -1.92. The number of nitro groups is 1. The Kier molecular flexibility index (Phi) is 3.35. The molecule has 1 heterocycles. The lowest BCUT2D eigenvalue weighted by Gasteiger charge is -2.08. The monoisotopic (exact) mass is 376 g/mol. The number of hydrogen-bond acceptors (Lipinski definition) is 3. The first-order valence-corrected chi connectivity index (χ1v) is 7.03. The van der Waals surface area contributed by atoms with Gasteiger partial charge in [0.05, 0.1) is 10.4 Å². The SMILES string of the molecule is O=[N+]([O-])c1ccc2ncc(I)c(-c3ccccc3)c2c1. The minimum Gasteiger partial charge on any atom is -0.258 e. The van der Waals surface area contributed by atoms with Crippen molar-refractivity contribution in [1.82, 2.24) is 4.98 Å². The standard InChI is InChI=1S/C15H9IN2O2/c16-13-9-17-14-7-6-11(18(19)20)8-12(14)15(13)10-4-2-1-3-5-10/h1-9H. The largest absolute Gasteiger partial charge is 0.270 e. The molecule has 0 fully saturated rings. The summed E-state index contributed by atoms with van der Waals surface area (Å²) in [6.07, 6.45) is 1.79. The second-order valence-corrected chi connectivity index (χ2v) is 5.47. The van der Waals surface area contributed by atoms with Crippen LogP contribution in [0, 0.1) is 13.7 Å². The lowest BCUT2D eigenvalue weighted by atomic mass is 10.0. The predicted molar refractivity (Wildman–Crippen MR) is 86.6 cm³/mol. The van der Waals surface area contributed by atoms with Crippen molar-refractivity contribution in [2.75, 3.05) is 0 Å². The molecule has 0 saturated heterocycles. The third-order valence-corrected chi connectivity index (χ3v) is 3.90. The fourth-order valence-corrected chi connectivity index (χ4v) is 2.91. The van der Waals surface area contributed by atoms with Crippen molar-refractivity contribution in [2.24, 2.45) is 0 Å². The molecule has 0 N–H and O–H groups in total. The fourth-order valence-electron chi connectivity index (χ4n) is 2.17. The number of aromatic nitrogens is 1. The summed E-state index contributed by atoms with van der Waals surface area (Å²) in [7, 11) is 0. The van der Waals surface area contributed by atoms with E-state index in [1.807, 2.05) is 30.3 Å². The number of hydrogen-bond donors (Lipinski definition) is 0. The number of nitro benzene ring substituents is 1. The second-order valence-electron chi connectivity index (χ2n) is 4.31. The molecule has 0 aliphatic heterocycles. The minimum atomic E-state index is -0.381. The molecular weight excluding hydrogens is 367 g/mol. The molecule has 2 aromatic carbocycles. The molecule has 0 aliphatic rings. The molecule has 0 unspecified atom stereocenters. The highest BCUT2D eigenvalue weighted by Crippen LogP contribution is 2.33. The number of pyridine rings is 1. The molecule has 0 radical (unpaired) electrons. The number of non-ortho nitro benzene ring substituents is 1. The van der Waals surface area contributed by atoms with E-state index in [0.29, 0.717) is 0 Å². The summed E-state index contributed by atoms with van der Waals surface area (Å²) < 4.78 is 0.974. The molecular formula is C15H9IN2O2. The van der Waals surface area contributed by atoms with Gasteiger partial charge in [-0.2, -0.15) is 0 Å². The van der Waals surface area contributed by atoms with Gasteiger partial charge in [0.1, 0.15) is 0 Å². The Labute approximate surface area is 128 Å². The molecule has 0 atom stereocenters. The first-order valence-electron chi connectivity index (χ1n) is 5.95. The van der Waals surface area contributed by atoms with Crippen molar-refractivity contribution in [3.8, 4) is 11.1 Å². The Morgan fingerprint density at radius 3 is 2.55 bits per heavy atom.